The highest BCUT2D eigenvalue weighted by molar-refractivity contribution is 5.97. The molecule has 8 nitrogen and oxygen atoms in total. The summed E-state index contributed by atoms with van der Waals surface area (Å²) in [6.07, 6.45) is 0. The Bertz CT molecular complexity index is 889. The van der Waals surface area contributed by atoms with Gasteiger partial charge in [-0.25, -0.2) is 0 Å². The molecule has 27 heavy (non-hydrogen) atoms. The quantitative estimate of drug-likeness (QED) is 0.716. The number of benzene rings is 2. The maximum Gasteiger partial charge on any atom is 0.325 e. The summed E-state index contributed by atoms with van der Waals surface area (Å²) < 4.78 is 9.83. The number of nitriles is 1. The molecule has 138 valence electrons. The van der Waals surface area contributed by atoms with Crippen molar-refractivity contribution in [3.63, 3.8) is 0 Å². The molecule has 2 aromatic rings. The monoisotopic (exact) mass is 367 g/mol. The summed E-state index contributed by atoms with van der Waals surface area (Å²) in [4.78, 5) is 35.5. The summed E-state index contributed by atoms with van der Waals surface area (Å²) in [7, 11) is 1.48. The van der Waals surface area contributed by atoms with Crippen LogP contribution in [0.4, 0.5) is 5.69 Å². The van der Waals surface area contributed by atoms with Crippen LogP contribution in [0.2, 0.25) is 0 Å². The summed E-state index contributed by atoms with van der Waals surface area (Å²) in [5.74, 6) is -1.32. The summed E-state index contributed by atoms with van der Waals surface area (Å²) >= 11 is 0. The van der Waals surface area contributed by atoms with Gasteiger partial charge in [0, 0.05) is 5.56 Å². The second-order valence-corrected chi connectivity index (χ2v) is 5.28. The number of carbonyl (C=O) groups excluding carboxylic acids is 3. The third kappa shape index (κ3) is 5.86. The van der Waals surface area contributed by atoms with E-state index in [2.05, 4.69) is 10.6 Å². The molecule has 0 aromatic heterocycles. The second kappa shape index (κ2) is 9.58. The Morgan fingerprint density at radius 2 is 1.89 bits per heavy atom. The van der Waals surface area contributed by atoms with Crippen molar-refractivity contribution in [2.75, 3.05) is 25.6 Å². The van der Waals surface area contributed by atoms with Crippen molar-refractivity contribution in [2.24, 2.45) is 0 Å². The Morgan fingerprint density at radius 3 is 2.63 bits per heavy atom. The maximum absolute atomic E-state index is 12.0. The van der Waals surface area contributed by atoms with Crippen molar-refractivity contribution in [2.45, 2.75) is 0 Å². The molecule has 0 aliphatic heterocycles. The first-order valence-electron chi connectivity index (χ1n) is 7.90. The van der Waals surface area contributed by atoms with E-state index >= 15 is 0 Å². The zero-order valence-corrected chi connectivity index (χ0v) is 14.5. The molecule has 2 N–H and O–H groups in total. The number of rotatable bonds is 7. The van der Waals surface area contributed by atoms with Crippen molar-refractivity contribution in [3.05, 3.63) is 59.7 Å². The van der Waals surface area contributed by atoms with Crippen LogP contribution in [0.1, 0.15) is 15.9 Å². The van der Waals surface area contributed by atoms with Crippen LogP contribution in [0.15, 0.2) is 48.5 Å². The minimum absolute atomic E-state index is 0.294. The summed E-state index contributed by atoms with van der Waals surface area (Å²) in [5, 5.41) is 13.8. The first-order chi connectivity index (χ1) is 13.0. The van der Waals surface area contributed by atoms with Gasteiger partial charge in [-0.1, -0.05) is 18.2 Å². The number of amides is 2. The Labute approximate surface area is 155 Å². The van der Waals surface area contributed by atoms with E-state index in [1.807, 2.05) is 6.07 Å². The molecule has 0 aliphatic rings. The minimum Gasteiger partial charge on any atom is -0.497 e. The van der Waals surface area contributed by atoms with Gasteiger partial charge in [0.1, 0.15) is 18.4 Å². The molecule has 2 amide bonds. The number of methoxy groups -OCH3 is 1. The van der Waals surface area contributed by atoms with E-state index < -0.39 is 30.9 Å². The van der Waals surface area contributed by atoms with Gasteiger partial charge in [0.25, 0.3) is 11.8 Å². The molecule has 2 rings (SSSR count). The number of hydrogen-bond donors (Lipinski definition) is 2. The summed E-state index contributed by atoms with van der Waals surface area (Å²) in [5.41, 5.74) is 0.947. The number of esters is 1. The van der Waals surface area contributed by atoms with E-state index in [0.717, 1.165) is 0 Å². The van der Waals surface area contributed by atoms with Gasteiger partial charge < -0.3 is 20.1 Å². The SMILES string of the molecule is COc1cccc(C(=O)NCC(=O)OCC(=O)Nc2ccccc2C#N)c1. The van der Waals surface area contributed by atoms with Gasteiger partial charge in [0.05, 0.1) is 18.4 Å². The van der Waals surface area contributed by atoms with Crippen molar-refractivity contribution in [3.8, 4) is 11.8 Å². The average molecular weight is 367 g/mol. The minimum atomic E-state index is -0.769. The number of anilines is 1. The highest BCUT2D eigenvalue weighted by atomic mass is 16.5. The van der Waals surface area contributed by atoms with Crippen molar-refractivity contribution in [1.29, 1.82) is 5.26 Å². The molecule has 0 spiro atoms. The molecule has 0 unspecified atom stereocenters. The molecule has 8 heteroatoms. The lowest BCUT2D eigenvalue weighted by molar-refractivity contribution is -0.146. The van der Waals surface area contributed by atoms with Crippen molar-refractivity contribution < 1.29 is 23.9 Å². The highest BCUT2D eigenvalue weighted by Gasteiger charge is 2.12. The zero-order valence-electron chi connectivity index (χ0n) is 14.5. The smallest absolute Gasteiger partial charge is 0.325 e. The number of nitrogens with zero attached hydrogens (tertiary/aromatic N) is 1. The zero-order chi connectivity index (χ0) is 19.6. The van der Waals surface area contributed by atoms with Crippen LogP contribution in [0.5, 0.6) is 5.75 Å². The average Bonchev–Trinajstić information content (AvgIpc) is 2.70. The van der Waals surface area contributed by atoms with Crippen molar-refractivity contribution in [1.82, 2.24) is 5.32 Å². The van der Waals surface area contributed by atoms with E-state index in [9.17, 15) is 14.4 Å². The predicted octanol–water partition coefficient (Wildman–Crippen LogP) is 1.48. The molecule has 0 saturated heterocycles. The third-order valence-corrected chi connectivity index (χ3v) is 3.41. The van der Waals surface area contributed by atoms with Gasteiger partial charge in [-0.05, 0) is 30.3 Å². The fourth-order valence-electron chi connectivity index (χ4n) is 2.09. The van der Waals surface area contributed by atoms with Gasteiger partial charge in [-0.15, -0.1) is 0 Å². The Kier molecular flexibility index (Phi) is 6.91. The lowest BCUT2D eigenvalue weighted by Gasteiger charge is -2.09. The molecule has 0 atom stereocenters. The molecule has 0 heterocycles. The first kappa shape index (κ1) is 19.5. The fraction of sp³-hybridized carbons (Fsp3) is 0.158. The molecule has 0 fully saturated rings. The van der Waals surface area contributed by atoms with Gasteiger partial charge >= 0.3 is 5.97 Å². The third-order valence-electron chi connectivity index (χ3n) is 3.41. The van der Waals surface area contributed by atoms with E-state index in [-0.39, 0.29) is 0 Å². The van der Waals surface area contributed by atoms with E-state index in [0.29, 0.717) is 22.6 Å². The molecule has 0 bridgehead atoms. The highest BCUT2D eigenvalue weighted by Crippen LogP contribution is 2.13. The Hall–Kier alpha value is -3.86. The number of ether oxygens (including phenoxy) is 2. The van der Waals surface area contributed by atoms with Gasteiger partial charge in [-0.2, -0.15) is 5.26 Å². The van der Waals surface area contributed by atoms with Crippen LogP contribution in [0.3, 0.4) is 0 Å². The first-order valence-corrected chi connectivity index (χ1v) is 7.90. The Balaban J connectivity index is 1.78. The van der Waals surface area contributed by atoms with Crippen LogP contribution in [0.25, 0.3) is 0 Å². The molecular formula is C19H17N3O5. The van der Waals surface area contributed by atoms with Crippen LogP contribution < -0.4 is 15.4 Å². The van der Waals surface area contributed by atoms with Crippen LogP contribution in [-0.4, -0.2) is 38.0 Å². The number of hydrogen-bond acceptors (Lipinski definition) is 6. The lowest BCUT2D eigenvalue weighted by atomic mass is 10.2. The second-order valence-electron chi connectivity index (χ2n) is 5.28. The number of nitrogens with one attached hydrogen (secondary N) is 2. The largest absolute Gasteiger partial charge is 0.497 e. The molecule has 0 saturated carbocycles. The normalized spacial score (nSPS) is 9.63. The lowest BCUT2D eigenvalue weighted by Crippen LogP contribution is -2.32. The van der Waals surface area contributed by atoms with Gasteiger partial charge in [0.2, 0.25) is 0 Å². The maximum atomic E-state index is 12.0. The van der Waals surface area contributed by atoms with Gasteiger partial charge in [0.15, 0.2) is 6.61 Å². The van der Waals surface area contributed by atoms with Crippen LogP contribution in [-0.2, 0) is 14.3 Å². The summed E-state index contributed by atoms with van der Waals surface area (Å²) in [6.45, 7) is -0.925. The Morgan fingerprint density at radius 1 is 1.11 bits per heavy atom. The molecule has 0 radical (unpaired) electrons. The van der Waals surface area contributed by atoms with Gasteiger partial charge in [-0.3, -0.25) is 14.4 Å². The van der Waals surface area contributed by atoms with E-state index in [1.165, 1.54) is 13.2 Å². The fourth-order valence-corrected chi connectivity index (χ4v) is 2.09. The van der Waals surface area contributed by atoms with Crippen LogP contribution in [0, 0.1) is 11.3 Å². The topological polar surface area (TPSA) is 118 Å². The number of carbonyl (C=O) groups is 3. The molecule has 2 aromatic carbocycles. The van der Waals surface area contributed by atoms with E-state index in [4.69, 9.17) is 14.7 Å². The predicted molar refractivity (Wildman–Crippen MR) is 96.1 cm³/mol. The molecule has 0 aliphatic carbocycles. The standard InChI is InChI=1S/C19H17N3O5/c1-26-15-7-4-6-13(9-15)19(25)21-11-18(24)27-12-17(23)22-16-8-3-2-5-14(16)10-20/h2-9H,11-12H2,1H3,(H,21,25)(H,22,23). The number of para-hydroxylation sites is 1. The summed E-state index contributed by atoms with van der Waals surface area (Å²) in [6, 6.07) is 14.8. The van der Waals surface area contributed by atoms with Crippen LogP contribution >= 0.6 is 0 Å². The molecular weight excluding hydrogens is 350 g/mol. The van der Waals surface area contributed by atoms with Crippen molar-refractivity contribution >= 4 is 23.5 Å². The van der Waals surface area contributed by atoms with E-state index in [1.54, 1.807) is 42.5 Å².